The first-order chi connectivity index (χ1) is 13.2. The van der Waals surface area contributed by atoms with E-state index in [9.17, 15) is 9.59 Å². The van der Waals surface area contributed by atoms with E-state index in [2.05, 4.69) is 5.32 Å². The fraction of sp³-hybridized carbons (Fsp3) is 0.524. The molecule has 0 bridgehead atoms. The number of amides is 2. The molecule has 1 aromatic carbocycles. The lowest BCUT2D eigenvalue weighted by molar-refractivity contribution is -0.129. The molecule has 2 aliphatic rings. The van der Waals surface area contributed by atoms with Crippen LogP contribution >= 0.6 is 0 Å². The topological polar surface area (TPSA) is 67.9 Å². The Morgan fingerprint density at radius 1 is 1.26 bits per heavy atom. The Labute approximate surface area is 160 Å². The molecule has 6 heteroatoms. The van der Waals surface area contributed by atoms with Crippen molar-refractivity contribution in [2.45, 2.75) is 44.7 Å². The monoisotopic (exact) mass is 372 g/mol. The van der Waals surface area contributed by atoms with Crippen LogP contribution in [0.4, 0.5) is 0 Å². The third kappa shape index (κ3) is 4.33. The Morgan fingerprint density at radius 3 is 2.85 bits per heavy atom. The Balaban J connectivity index is 1.66. The number of methoxy groups -OCH3 is 2. The van der Waals surface area contributed by atoms with Crippen molar-refractivity contribution in [1.82, 2.24) is 10.2 Å². The molecule has 0 spiro atoms. The molecule has 6 nitrogen and oxygen atoms in total. The molecular formula is C21H28N2O4. The van der Waals surface area contributed by atoms with Gasteiger partial charge in [-0.05, 0) is 30.9 Å². The van der Waals surface area contributed by atoms with Gasteiger partial charge < -0.3 is 19.7 Å². The minimum absolute atomic E-state index is 0.00129. The van der Waals surface area contributed by atoms with E-state index in [1.165, 1.54) is 0 Å². The van der Waals surface area contributed by atoms with Crippen LogP contribution in [-0.4, -0.2) is 50.1 Å². The van der Waals surface area contributed by atoms with Crippen molar-refractivity contribution in [1.29, 1.82) is 0 Å². The van der Waals surface area contributed by atoms with Gasteiger partial charge >= 0.3 is 0 Å². The van der Waals surface area contributed by atoms with Gasteiger partial charge in [0.15, 0.2) is 0 Å². The molecule has 1 aliphatic carbocycles. The van der Waals surface area contributed by atoms with Crippen LogP contribution in [-0.2, 0) is 20.9 Å². The third-order valence-electron chi connectivity index (χ3n) is 5.40. The summed E-state index contributed by atoms with van der Waals surface area (Å²) >= 11 is 0. The van der Waals surface area contributed by atoms with Gasteiger partial charge in [-0.25, -0.2) is 0 Å². The van der Waals surface area contributed by atoms with E-state index >= 15 is 0 Å². The Hall–Kier alpha value is -2.34. The van der Waals surface area contributed by atoms with E-state index in [4.69, 9.17) is 9.47 Å². The van der Waals surface area contributed by atoms with Gasteiger partial charge in [0.2, 0.25) is 5.91 Å². The normalized spacial score (nSPS) is 19.3. The first-order valence-corrected chi connectivity index (χ1v) is 9.56. The zero-order valence-electron chi connectivity index (χ0n) is 16.1. The van der Waals surface area contributed by atoms with Crippen LogP contribution in [0.3, 0.4) is 0 Å². The summed E-state index contributed by atoms with van der Waals surface area (Å²) < 4.78 is 10.5. The summed E-state index contributed by atoms with van der Waals surface area (Å²) in [6, 6.07) is 7.75. The molecule has 0 saturated heterocycles. The van der Waals surface area contributed by atoms with Crippen molar-refractivity contribution in [3.05, 3.63) is 41.0 Å². The first-order valence-electron chi connectivity index (χ1n) is 9.56. The number of ether oxygens (including phenoxy) is 2. The van der Waals surface area contributed by atoms with Crippen molar-refractivity contribution in [2.24, 2.45) is 0 Å². The maximum atomic E-state index is 12.9. The summed E-state index contributed by atoms with van der Waals surface area (Å²) in [6.07, 6.45) is 4.25. The highest BCUT2D eigenvalue weighted by molar-refractivity contribution is 6.02. The van der Waals surface area contributed by atoms with Gasteiger partial charge in [0.1, 0.15) is 5.75 Å². The number of rotatable bonds is 8. The lowest BCUT2D eigenvalue weighted by Crippen LogP contribution is -2.39. The average Bonchev–Trinajstić information content (AvgIpc) is 2.96. The Kier molecular flexibility index (Phi) is 6.50. The predicted molar refractivity (Wildman–Crippen MR) is 102 cm³/mol. The molecule has 27 heavy (non-hydrogen) atoms. The highest BCUT2D eigenvalue weighted by Gasteiger charge is 2.39. The first kappa shape index (κ1) is 19.4. The number of nitrogens with one attached hydrogen (secondary N) is 1. The fourth-order valence-electron chi connectivity index (χ4n) is 4.04. The number of carbonyl (C=O) groups excluding carboxylic acids is 2. The van der Waals surface area contributed by atoms with Crippen LogP contribution in [0.15, 0.2) is 35.4 Å². The van der Waals surface area contributed by atoms with Crippen LogP contribution in [0.25, 0.3) is 0 Å². The van der Waals surface area contributed by atoms with Crippen LogP contribution in [0.2, 0.25) is 0 Å². The molecule has 0 aromatic heterocycles. The lowest BCUT2D eigenvalue weighted by Gasteiger charge is -2.29. The molecule has 1 aliphatic heterocycles. The van der Waals surface area contributed by atoms with Crippen molar-refractivity contribution in [3.63, 3.8) is 0 Å². The van der Waals surface area contributed by atoms with Gasteiger partial charge in [0, 0.05) is 31.3 Å². The van der Waals surface area contributed by atoms with E-state index in [-0.39, 0.29) is 24.3 Å². The highest BCUT2D eigenvalue weighted by atomic mass is 16.5. The third-order valence-corrected chi connectivity index (χ3v) is 5.40. The molecule has 1 aromatic rings. The second kappa shape index (κ2) is 9.04. The highest BCUT2D eigenvalue weighted by Crippen LogP contribution is 2.37. The quantitative estimate of drug-likeness (QED) is 0.761. The van der Waals surface area contributed by atoms with Crippen molar-refractivity contribution < 1.29 is 19.1 Å². The molecule has 1 unspecified atom stereocenters. The van der Waals surface area contributed by atoms with Crippen LogP contribution < -0.4 is 10.1 Å². The van der Waals surface area contributed by atoms with E-state index in [0.29, 0.717) is 25.3 Å². The molecule has 0 radical (unpaired) electrons. The predicted octanol–water partition coefficient (Wildman–Crippen LogP) is 2.43. The summed E-state index contributed by atoms with van der Waals surface area (Å²) in [6.45, 7) is 1.48. The molecule has 1 saturated carbocycles. The van der Waals surface area contributed by atoms with Gasteiger partial charge in [-0.1, -0.05) is 24.6 Å². The number of hydrogen-bond acceptors (Lipinski definition) is 4. The molecule has 3 rings (SSSR count). The van der Waals surface area contributed by atoms with Gasteiger partial charge in [0.05, 0.1) is 26.2 Å². The standard InChI is InChI=1S/C21H28N2O4/c1-26-12-11-23-18-9-5-4-8-16(18)17(21(23)25)13-20(24)22-14-15-7-3-6-10-19(15)27-2/h3,6-7,10,18H,4-5,8-9,11-14H2,1-2H3,(H,22,24). The minimum Gasteiger partial charge on any atom is -0.496 e. The summed E-state index contributed by atoms with van der Waals surface area (Å²) in [7, 11) is 3.25. The van der Waals surface area contributed by atoms with E-state index < -0.39 is 0 Å². The summed E-state index contributed by atoms with van der Waals surface area (Å²) in [5, 5.41) is 2.93. The molecule has 1 fully saturated rings. The molecule has 1 heterocycles. The van der Waals surface area contributed by atoms with Crippen molar-refractivity contribution in [2.75, 3.05) is 27.4 Å². The van der Waals surface area contributed by atoms with Crippen LogP contribution in [0.1, 0.15) is 37.7 Å². The lowest BCUT2D eigenvalue weighted by atomic mass is 9.88. The van der Waals surface area contributed by atoms with E-state index in [0.717, 1.165) is 42.6 Å². The molecule has 1 N–H and O–H groups in total. The molecule has 146 valence electrons. The summed E-state index contributed by atoms with van der Waals surface area (Å²) in [4.78, 5) is 27.3. The number of hydrogen-bond donors (Lipinski definition) is 1. The smallest absolute Gasteiger partial charge is 0.250 e. The molecule has 1 atom stereocenters. The fourth-order valence-corrected chi connectivity index (χ4v) is 4.04. The van der Waals surface area contributed by atoms with Gasteiger partial charge in [-0.3, -0.25) is 9.59 Å². The van der Waals surface area contributed by atoms with E-state index in [1.54, 1.807) is 14.2 Å². The number of fused-ring (bicyclic) bond motifs is 1. The largest absolute Gasteiger partial charge is 0.496 e. The number of nitrogens with zero attached hydrogens (tertiary/aromatic N) is 1. The van der Waals surface area contributed by atoms with Gasteiger partial charge in [0.25, 0.3) is 5.91 Å². The zero-order chi connectivity index (χ0) is 19.2. The maximum absolute atomic E-state index is 12.9. The Morgan fingerprint density at radius 2 is 2.07 bits per heavy atom. The van der Waals surface area contributed by atoms with Crippen molar-refractivity contribution >= 4 is 11.8 Å². The van der Waals surface area contributed by atoms with Crippen molar-refractivity contribution in [3.8, 4) is 5.75 Å². The van der Waals surface area contributed by atoms with Crippen LogP contribution in [0, 0.1) is 0 Å². The summed E-state index contributed by atoms with van der Waals surface area (Å²) in [5.74, 6) is 0.617. The second-order valence-electron chi connectivity index (χ2n) is 7.02. The van der Waals surface area contributed by atoms with Gasteiger partial charge in [-0.2, -0.15) is 0 Å². The van der Waals surface area contributed by atoms with Gasteiger partial charge in [-0.15, -0.1) is 0 Å². The average molecular weight is 372 g/mol. The number of para-hydroxylation sites is 1. The SMILES string of the molecule is COCCN1C(=O)C(CC(=O)NCc2ccccc2OC)=C2CCCCC21. The molecular weight excluding hydrogens is 344 g/mol. The molecule has 2 amide bonds. The Bertz CT molecular complexity index is 729. The minimum atomic E-state index is -0.130. The maximum Gasteiger partial charge on any atom is 0.250 e. The second-order valence-corrected chi connectivity index (χ2v) is 7.02. The zero-order valence-corrected chi connectivity index (χ0v) is 16.1. The summed E-state index contributed by atoms with van der Waals surface area (Å²) in [5.41, 5.74) is 2.77. The number of carbonyl (C=O) groups is 2. The van der Waals surface area contributed by atoms with E-state index in [1.807, 2.05) is 29.2 Å². The van der Waals surface area contributed by atoms with Crippen LogP contribution in [0.5, 0.6) is 5.75 Å². The number of benzene rings is 1.